The number of alkyl halides is 3. The SMILES string of the molecule is Cc1ccc(CN2CCC3(CC2)CCN(C(=O)c2ccncc2)CC3OC(=O)C(F)(F)F)c2c1CC(C)(C)O2. The van der Waals surface area contributed by atoms with Gasteiger partial charge in [0.05, 0.1) is 6.54 Å². The first-order valence-corrected chi connectivity index (χ1v) is 13.4. The highest BCUT2D eigenvalue weighted by atomic mass is 19.4. The number of halogens is 3. The van der Waals surface area contributed by atoms with Crippen molar-refractivity contribution in [3.05, 3.63) is 58.9 Å². The maximum atomic E-state index is 13.2. The molecule has 5 rings (SSSR count). The topological polar surface area (TPSA) is 72.0 Å². The standard InChI is InChI=1S/C29H34F3N3O4/c1-19-4-5-21(24-22(19)16-27(2,3)39-24)17-34-13-8-28(9-14-34)10-15-35(25(36)20-6-11-33-12-7-20)18-23(28)38-26(37)29(30,31)32/h4-7,11-12,23H,8-10,13-18H2,1-3H3. The van der Waals surface area contributed by atoms with E-state index in [0.29, 0.717) is 51.0 Å². The third-order valence-electron chi connectivity index (χ3n) is 8.45. The molecule has 4 heterocycles. The van der Waals surface area contributed by atoms with Gasteiger partial charge in [-0.3, -0.25) is 14.7 Å². The second-order valence-corrected chi connectivity index (χ2v) is 11.7. The number of aryl methyl sites for hydroxylation is 1. The molecule has 2 fully saturated rings. The predicted molar refractivity (Wildman–Crippen MR) is 137 cm³/mol. The number of fused-ring (bicyclic) bond motifs is 1. The van der Waals surface area contributed by atoms with Gasteiger partial charge in [0.15, 0.2) is 0 Å². The van der Waals surface area contributed by atoms with E-state index in [1.165, 1.54) is 28.4 Å². The molecule has 0 aliphatic carbocycles. The van der Waals surface area contributed by atoms with Crippen molar-refractivity contribution in [2.75, 3.05) is 26.2 Å². The molecule has 10 heteroatoms. The molecule has 1 amide bonds. The summed E-state index contributed by atoms with van der Waals surface area (Å²) >= 11 is 0. The Morgan fingerprint density at radius 1 is 1.08 bits per heavy atom. The zero-order valence-electron chi connectivity index (χ0n) is 22.5. The largest absolute Gasteiger partial charge is 0.490 e. The summed E-state index contributed by atoms with van der Waals surface area (Å²) in [5.74, 6) is -1.57. The van der Waals surface area contributed by atoms with Crippen LogP contribution in [0.1, 0.15) is 60.2 Å². The summed E-state index contributed by atoms with van der Waals surface area (Å²) in [5, 5.41) is 0. The van der Waals surface area contributed by atoms with Gasteiger partial charge in [-0.05, 0) is 70.8 Å². The number of pyridine rings is 1. The second kappa shape index (κ2) is 10.1. The molecular weight excluding hydrogens is 511 g/mol. The molecule has 0 bridgehead atoms. The zero-order valence-corrected chi connectivity index (χ0v) is 22.5. The van der Waals surface area contributed by atoms with Crippen LogP contribution in [0, 0.1) is 12.3 Å². The van der Waals surface area contributed by atoms with Gasteiger partial charge in [-0.15, -0.1) is 0 Å². The van der Waals surface area contributed by atoms with E-state index in [9.17, 15) is 22.8 Å². The Bertz CT molecular complexity index is 1240. The number of ether oxygens (including phenoxy) is 2. The minimum absolute atomic E-state index is 0.0721. The molecule has 1 spiro atoms. The van der Waals surface area contributed by atoms with Crippen LogP contribution in [-0.4, -0.2) is 70.7 Å². The molecule has 2 aromatic rings. The Morgan fingerprint density at radius 2 is 1.74 bits per heavy atom. The molecule has 39 heavy (non-hydrogen) atoms. The van der Waals surface area contributed by atoms with Crippen molar-refractivity contribution < 1.29 is 32.2 Å². The van der Waals surface area contributed by atoms with E-state index in [1.54, 1.807) is 12.1 Å². The highest BCUT2D eigenvalue weighted by molar-refractivity contribution is 5.94. The number of carbonyl (C=O) groups is 2. The summed E-state index contributed by atoms with van der Waals surface area (Å²) in [6.45, 7) is 8.52. The maximum absolute atomic E-state index is 13.2. The minimum atomic E-state index is -5.10. The van der Waals surface area contributed by atoms with Gasteiger partial charge >= 0.3 is 12.1 Å². The molecular formula is C29H34F3N3O4. The lowest BCUT2D eigenvalue weighted by Crippen LogP contribution is -2.58. The van der Waals surface area contributed by atoms with Crippen molar-refractivity contribution in [2.24, 2.45) is 5.41 Å². The van der Waals surface area contributed by atoms with Crippen molar-refractivity contribution >= 4 is 11.9 Å². The summed E-state index contributed by atoms with van der Waals surface area (Å²) in [4.78, 5) is 32.6. The van der Waals surface area contributed by atoms with E-state index in [2.05, 4.69) is 42.8 Å². The first-order valence-electron chi connectivity index (χ1n) is 13.4. The number of amides is 1. The number of carbonyl (C=O) groups excluding carboxylic acids is 2. The number of hydrogen-bond acceptors (Lipinski definition) is 6. The quantitative estimate of drug-likeness (QED) is 0.519. The minimum Gasteiger partial charge on any atom is -0.487 e. The number of aromatic nitrogens is 1. The van der Waals surface area contributed by atoms with Crippen LogP contribution in [0.25, 0.3) is 0 Å². The van der Waals surface area contributed by atoms with E-state index < -0.39 is 23.7 Å². The van der Waals surface area contributed by atoms with E-state index in [0.717, 1.165) is 17.7 Å². The number of piperidine rings is 2. The smallest absolute Gasteiger partial charge is 0.487 e. The third-order valence-corrected chi connectivity index (χ3v) is 8.45. The van der Waals surface area contributed by atoms with Crippen molar-refractivity contribution in [1.82, 2.24) is 14.8 Å². The fraction of sp³-hybridized carbons (Fsp3) is 0.552. The molecule has 0 radical (unpaired) electrons. The van der Waals surface area contributed by atoms with Crippen LogP contribution in [0.4, 0.5) is 13.2 Å². The lowest BCUT2D eigenvalue weighted by Gasteiger charge is -2.51. The highest BCUT2D eigenvalue weighted by Gasteiger charge is 2.51. The van der Waals surface area contributed by atoms with Crippen LogP contribution >= 0.6 is 0 Å². The number of benzene rings is 1. The molecule has 1 unspecified atom stereocenters. The van der Waals surface area contributed by atoms with Gasteiger partial charge in [-0.1, -0.05) is 12.1 Å². The van der Waals surface area contributed by atoms with Gasteiger partial charge in [0, 0.05) is 54.0 Å². The van der Waals surface area contributed by atoms with Crippen LogP contribution in [-0.2, 0) is 22.5 Å². The van der Waals surface area contributed by atoms with Crippen LogP contribution < -0.4 is 4.74 Å². The summed E-state index contributed by atoms with van der Waals surface area (Å²) in [6, 6.07) is 7.34. The van der Waals surface area contributed by atoms with E-state index in [4.69, 9.17) is 9.47 Å². The first kappa shape index (κ1) is 27.4. The molecule has 0 N–H and O–H groups in total. The van der Waals surface area contributed by atoms with Gasteiger partial charge in [-0.2, -0.15) is 13.2 Å². The number of likely N-dealkylation sites (tertiary alicyclic amines) is 2. The molecule has 3 aliphatic rings. The van der Waals surface area contributed by atoms with Gasteiger partial charge in [0.1, 0.15) is 17.5 Å². The highest BCUT2D eigenvalue weighted by Crippen LogP contribution is 2.45. The van der Waals surface area contributed by atoms with E-state index >= 15 is 0 Å². The summed E-state index contributed by atoms with van der Waals surface area (Å²) in [7, 11) is 0. The number of esters is 1. The van der Waals surface area contributed by atoms with Gasteiger partial charge in [-0.25, -0.2) is 4.79 Å². The molecule has 1 aromatic heterocycles. The average Bonchev–Trinajstić information content (AvgIpc) is 3.24. The lowest BCUT2D eigenvalue weighted by molar-refractivity contribution is -0.216. The summed E-state index contributed by atoms with van der Waals surface area (Å²) < 4.78 is 51.0. The van der Waals surface area contributed by atoms with E-state index in [-0.39, 0.29) is 18.1 Å². The van der Waals surface area contributed by atoms with Crippen molar-refractivity contribution in [2.45, 2.75) is 70.9 Å². The zero-order chi connectivity index (χ0) is 28.0. The molecule has 0 saturated carbocycles. The fourth-order valence-electron chi connectivity index (χ4n) is 6.18. The normalized spacial score (nSPS) is 22.3. The van der Waals surface area contributed by atoms with Crippen LogP contribution in [0.2, 0.25) is 0 Å². The maximum Gasteiger partial charge on any atom is 0.490 e. The summed E-state index contributed by atoms with van der Waals surface area (Å²) in [6.07, 6.45) is -0.701. The van der Waals surface area contributed by atoms with Gasteiger partial charge < -0.3 is 14.4 Å². The Kier molecular flexibility index (Phi) is 7.11. The molecule has 1 aromatic carbocycles. The first-order chi connectivity index (χ1) is 18.4. The van der Waals surface area contributed by atoms with Crippen molar-refractivity contribution in [1.29, 1.82) is 0 Å². The molecule has 210 valence electrons. The van der Waals surface area contributed by atoms with Crippen molar-refractivity contribution in [3.63, 3.8) is 0 Å². The second-order valence-electron chi connectivity index (χ2n) is 11.7. The van der Waals surface area contributed by atoms with Crippen molar-refractivity contribution in [3.8, 4) is 5.75 Å². The molecule has 1 atom stereocenters. The molecule has 3 aliphatic heterocycles. The Morgan fingerprint density at radius 3 is 2.41 bits per heavy atom. The number of hydrogen-bond donors (Lipinski definition) is 0. The van der Waals surface area contributed by atoms with Gasteiger partial charge in [0.25, 0.3) is 5.91 Å². The Balaban J connectivity index is 1.30. The number of rotatable bonds is 4. The fourth-order valence-corrected chi connectivity index (χ4v) is 6.18. The average molecular weight is 546 g/mol. The Hall–Kier alpha value is -3.14. The Labute approximate surface area is 226 Å². The molecule has 2 saturated heterocycles. The summed E-state index contributed by atoms with van der Waals surface area (Å²) in [5.41, 5.74) is 3.06. The number of nitrogens with zero attached hydrogens (tertiary/aromatic N) is 3. The molecule has 7 nitrogen and oxygen atoms in total. The lowest BCUT2D eigenvalue weighted by atomic mass is 9.69. The third kappa shape index (κ3) is 5.62. The van der Waals surface area contributed by atoms with E-state index in [1.807, 2.05) is 0 Å². The van der Waals surface area contributed by atoms with Crippen LogP contribution in [0.15, 0.2) is 36.7 Å². The predicted octanol–water partition coefficient (Wildman–Crippen LogP) is 4.71. The van der Waals surface area contributed by atoms with Gasteiger partial charge in [0.2, 0.25) is 0 Å². The van der Waals surface area contributed by atoms with Crippen LogP contribution in [0.3, 0.4) is 0 Å². The van der Waals surface area contributed by atoms with Crippen LogP contribution in [0.5, 0.6) is 5.75 Å². The monoisotopic (exact) mass is 545 g/mol.